The molecule has 0 aliphatic heterocycles. The van der Waals surface area contributed by atoms with Crippen molar-refractivity contribution >= 4 is 22.7 Å². The molecule has 0 spiro atoms. The van der Waals surface area contributed by atoms with E-state index in [4.69, 9.17) is 5.26 Å². The van der Waals surface area contributed by atoms with Gasteiger partial charge in [-0.1, -0.05) is 36.4 Å². The number of hydrogen-bond acceptors (Lipinski definition) is 3. The van der Waals surface area contributed by atoms with E-state index in [9.17, 15) is 9.59 Å². The number of para-hydroxylation sites is 1. The smallest absolute Gasteiger partial charge is 0.251 e. The van der Waals surface area contributed by atoms with Gasteiger partial charge in [-0.15, -0.1) is 0 Å². The maximum Gasteiger partial charge on any atom is 0.251 e. The molecular formula is C20H18N4O2. The summed E-state index contributed by atoms with van der Waals surface area (Å²) in [6.45, 7) is -0.107. The van der Waals surface area contributed by atoms with Gasteiger partial charge >= 0.3 is 0 Å². The second kappa shape index (κ2) is 7.99. The molecule has 3 rings (SSSR count). The van der Waals surface area contributed by atoms with Crippen molar-refractivity contribution in [2.24, 2.45) is 0 Å². The molecule has 3 aromatic rings. The van der Waals surface area contributed by atoms with Crippen LogP contribution in [0.25, 0.3) is 10.9 Å². The molecule has 1 aromatic heterocycles. The Kier molecular flexibility index (Phi) is 5.30. The highest BCUT2D eigenvalue weighted by Gasteiger charge is 2.22. The molecule has 0 aliphatic rings. The summed E-state index contributed by atoms with van der Waals surface area (Å²) in [4.78, 5) is 28.1. The first-order valence-electron chi connectivity index (χ1n) is 8.24. The molecule has 0 radical (unpaired) electrons. The van der Waals surface area contributed by atoms with Gasteiger partial charge in [0.1, 0.15) is 12.6 Å². The predicted octanol–water partition coefficient (Wildman–Crippen LogP) is 2.15. The first-order chi connectivity index (χ1) is 12.7. The third-order valence-corrected chi connectivity index (χ3v) is 4.10. The molecule has 6 heteroatoms. The van der Waals surface area contributed by atoms with Crippen molar-refractivity contribution in [1.82, 2.24) is 15.6 Å². The quantitative estimate of drug-likeness (QED) is 0.597. The number of nitrogens with zero attached hydrogens (tertiary/aromatic N) is 1. The first-order valence-corrected chi connectivity index (χ1v) is 8.24. The van der Waals surface area contributed by atoms with Gasteiger partial charge in [-0.3, -0.25) is 9.59 Å². The minimum atomic E-state index is -0.782. The molecule has 1 heterocycles. The molecule has 0 aliphatic carbocycles. The number of amides is 2. The number of hydrogen-bond donors (Lipinski definition) is 3. The number of fused-ring (bicyclic) bond motifs is 1. The molecule has 2 aromatic carbocycles. The number of nitrogens with one attached hydrogen (secondary N) is 3. The van der Waals surface area contributed by atoms with Gasteiger partial charge in [-0.25, -0.2) is 0 Å². The third-order valence-electron chi connectivity index (χ3n) is 4.10. The van der Waals surface area contributed by atoms with Crippen molar-refractivity contribution in [2.45, 2.75) is 12.5 Å². The zero-order valence-corrected chi connectivity index (χ0v) is 14.0. The Morgan fingerprint density at radius 3 is 2.58 bits per heavy atom. The Morgan fingerprint density at radius 2 is 1.81 bits per heavy atom. The van der Waals surface area contributed by atoms with Gasteiger partial charge in [0.15, 0.2) is 0 Å². The van der Waals surface area contributed by atoms with E-state index in [2.05, 4.69) is 15.6 Å². The van der Waals surface area contributed by atoms with Crippen LogP contribution < -0.4 is 10.6 Å². The predicted molar refractivity (Wildman–Crippen MR) is 98.3 cm³/mol. The lowest BCUT2D eigenvalue weighted by molar-refractivity contribution is -0.122. The summed E-state index contributed by atoms with van der Waals surface area (Å²) in [5, 5.41) is 15.0. The van der Waals surface area contributed by atoms with Gasteiger partial charge in [-0.05, 0) is 23.8 Å². The van der Waals surface area contributed by atoms with E-state index in [1.54, 1.807) is 24.3 Å². The summed E-state index contributed by atoms with van der Waals surface area (Å²) in [5.41, 5.74) is 2.36. The van der Waals surface area contributed by atoms with E-state index in [1.165, 1.54) is 0 Å². The van der Waals surface area contributed by atoms with Gasteiger partial charge in [0.25, 0.3) is 5.91 Å². The summed E-state index contributed by atoms with van der Waals surface area (Å²) in [6, 6.07) is 17.6. The molecule has 0 saturated heterocycles. The van der Waals surface area contributed by atoms with E-state index in [0.717, 1.165) is 16.5 Å². The van der Waals surface area contributed by atoms with Crippen molar-refractivity contribution < 1.29 is 9.59 Å². The fourth-order valence-corrected chi connectivity index (χ4v) is 2.81. The highest BCUT2D eigenvalue weighted by molar-refractivity contribution is 5.97. The van der Waals surface area contributed by atoms with Crippen molar-refractivity contribution in [2.75, 3.05) is 6.54 Å². The van der Waals surface area contributed by atoms with Crippen molar-refractivity contribution in [3.8, 4) is 6.07 Å². The van der Waals surface area contributed by atoms with Crippen LogP contribution in [0, 0.1) is 11.3 Å². The standard InChI is InChI=1S/C20H18N4O2/c21-10-11-22-20(26)18(24-19(25)14-6-2-1-3-7-14)12-15-13-23-17-9-5-4-8-16(15)17/h1-9,13,18,23H,11-12H2,(H,22,26)(H,24,25). The minimum absolute atomic E-state index is 0.107. The molecule has 130 valence electrons. The molecule has 0 saturated carbocycles. The topological polar surface area (TPSA) is 97.8 Å². The number of rotatable bonds is 6. The average Bonchev–Trinajstić information content (AvgIpc) is 3.09. The molecule has 3 N–H and O–H groups in total. The fourth-order valence-electron chi connectivity index (χ4n) is 2.81. The van der Waals surface area contributed by atoms with E-state index >= 15 is 0 Å². The Morgan fingerprint density at radius 1 is 1.08 bits per heavy atom. The highest BCUT2D eigenvalue weighted by Crippen LogP contribution is 2.19. The lowest BCUT2D eigenvalue weighted by Crippen LogP contribution is -2.48. The number of benzene rings is 2. The molecule has 0 bridgehead atoms. The molecular weight excluding hydrogens is 328 g/mol. The number of carbonyl (C=O) groups excluding carboxylic acids is 2. The highest BCUT2D eigenvalue weighted by atomic mass is 16.2. The van der Waals surface area contributed by atoms with E-state index < -0.39 is 6.04 Å². The zero-order valence-electron chi connectivity index (χ0n) is 14.0. The number of nitriles is 1. The van der Waals surface area contributed by atoms with Crippen LogP contribution in [-0.4, -0.2) is 29.4 Å². The molecule has 1 atom stereocenters. The van der Waals surface area contributed by atoms with Gasteiger partial charge in [0.2, 0.25) is 5.91 Å². The van der Waals surface area contributed by atoms with Crippen molar-refractivity contribution in [3.05, 3.63) is 71.9 Å². The van der Waals surface area contributed by atoms with Gasteiger partial charge in [0, 0.05) is 29.1 Å². The van der Waals surface area contributed by atoms with Gasteiger partial charge < -0.3 is 15.6 Å². The largest absolute Gasteiger partial charge is 0.361 e. The summed E-state index contributed by atoms with van der Waals surface area (Å²) >= 11 is 0. The van der Waals surface area contributed by atoms with Gasteiger partial charge in [-0.2, -0.15) is 5.26 Å². The lowest BCUT2D eigenvalue weighted by atomic mass is 10.0. The van der Waals surface area contributed by atoms with Crippen molar-refractivity contribution in [1.29, 1.82) is 5.26 Å². The number of carbonyl (C=O) groups is 2. The summed E-state index contributed by atoms with van der Waals surface area (Å²) in [7, 11) is 0. The second-order valence-electron chi connectivity index (χ2n) is 5.83. The fraction of sp³-hybridized carbons (Fsp3) is 0.150. The Hall–Kier alpha value is -3.59. The van der Waals surface area contributed by atoms with Crippen LogP contribution in [0.4, 0.5) is 0 Å². The minimum Gasteiger partial charge on any atom is -0.361 e. The second-order valence-corrected chi connectivity index (χ2v) is 5.83. The maximum atomic E-state index is 12.5. The Bertz CT molecular complexity index is 957. The number of H-pyrrole nitrogens is 1. The Labute approximate surface area is 150 Å². The SMILES string of the molecule is N#CCNC(=O)C(Cc1c[nH]c2ccccc12)NC(=O)c1ccccc1. The maximum absolute atomic E-state index is 12.5. The first kappa shape index (κ1) is 17.2. The summed E-state index contributed by atoms with van der Waals surface area (Å²) in [6.07, 6.45) is 2.16. The number of aromatic nitrogens is 1. The van der Waals surface area contributed by atoms with E-state index in [0.29, 0.717) is 12.0 Å². The van der Waals surface area contributed by atoms with Gasteiger partial charge in [0.05, 0.1) is 6.07 Å². The van der Waals surface area contributed by atoms with Crippen LogP contribution in [0.2, 0.25) is 0 Å². The van der Waals surface area contributed by atoms with Crippen LogP contribution in [-0.2, 0) is 11.2 Å². The molecule has 26 heavy (non-hydrogen) atoms. The monoisotopic (exact) mass is 346 g/mol. The van der Waals surface area contributed by atoms with Crippen molar-refractivity contribution in [3.63, 3.8) is 0 Å². The van der Waals surface area contributed by atoms with E-state index in [1.807, 2.05) is 42.6 Å². The van der Waals surface area contributed by atoms with Crippen LogP contribution in [0.1, 0.15) is 15.9 Å². The van der Waals surface area contributed by atoms with E-state index in [-0.39, 0.29) is 18.4 Å². The Balaban J connectivity index is 1.82. The van der Waals surface area contributed by atoms with Crippen LogP contribution in [0.5, 0.6) is 0 Å². The molecule has 2 amide bonds. The zero-order chi connectivity index (χ0) is 18.4. The molecule has 1 unspecified atom stereocenters. The van der Waals surface area contributed by atoms with Crippen LogP contribution in [0.3, 0.4) is 0 Å². The molecule has 0 fully saturated rings. The summed E-state index contributed by atoms with van der Waals surface area (Å²) in [5.74, 6) is -0.719. The third kappa shape index (κ3) is 3.90. The lowest BCUT2D eigenvalue weighted by Gasteiger charge is -2.17. The average molecular weight is 346 g/mol. The van der Waals surface area contributed by atoms with Crippen LogP contribution >= 0.6 is 0 Å². The molecule has 6 nitrogen and oxygen atoms in total. The number of aromatic amines is 1. The van der Waals surface area contributed by atoms with Crippen LogP contribution in [0.15, 0.2) is 60.8 Å². The summed E-state index contributed by atoms with van der Waals surface area (Å²) < 4.78 is 0. The normalized spacial score (nSPS) is 11.5.